The van der Waals surface area contributed by atoms with Crippen molar-refractivity contribution in [1.29, 1.82) is 0 Å². The van der Waals surface area contributed by atoms with Gasteiger partial charge in [-0.2, -0.15) is 13.5 Å². The summed E-state index contributed by atoms with van der Waals surface area (Å²) in [6.07, 6.45) is -1.86. The topological polar surface area (TPSA) is 127 Å². The van der Waals surface area contributed by atoms with Gasteiger partial charge in [0.2, 0.25) is 5.88 Å². The molecule has 0 saturated carbocycles. The van der Waals surface area contributed by atoms with Gasteiger partial charge in [0, 0.05) is 11.8 Å². The summed E-state index contributed by atoms with van der Waals surface area (Å²) >= 11 is 0. The molecule has 1 amide bonds. The molecule has 1 aromatic heterocycles. The number of halogens is 2. The van der Waals surface area contributed by atoms with E-state index in [0.717, 1.165) is 28.4 Å². The quantitative estimate of drug-likeness (QED) is 0.131. The van der Waals surface area contributed by atoms with Crippen molar-refractivity contribution in [2.24, 2.45) is 0 Å². The van der Waals surface area contributed by atoms with E-state index in [4.69, 9.17) is 24.4 Å². The van der Waals surface area contributed by atoms with E-state index in [2.05, 4.69) is 30.6 Å². The second-order valence-corrected chi connectivity index (χ2v) is 18.3. The first-order valence-corrected chi connectivity index (χ1v) is 18.8. The highest BCUT2D eigenvalue weighted by molar-refractivity contribution is 6.73. The van der Waals surface area contributed by atoms with Crippen LogP contribution in [0.25, 0.3) is 10.9 Å². The summed E-state index contributed by atoms with van der Waals surface area (Å²) in [4.78, 5) is 28.0. The number of fused-ring (bicyclic) bond motifs is 1. The molecule has 11 nitrogen and oxygen atoms in total. The molecule has 3 aromatic rings. The van der Waals surface area contributed by atoms with E-state index >= 15 is 0 Å². The van der Waals surface area contributed by atoms with Crippen molar-refractivity contribution in [3.63, 3.8) is 0 Å². The lowest BCUT2D eigenvalue weighted by atomic mass is 10.1. The number of hydrogen-bond donors (Lipinski definition) is 1. The Labute approximate surface area is 282 Å². The van der Waals surface area contributed by atoms with Crippen molar-refractivity contribution >= 4 is 37.1 Å². The Bertz CT molecular complexity index is 1530. The molecule has 1 atom stereocenters. The lowest BCUT2D eigenvalue weighted by Gasteiger charge is -2.36. The molecule has 2 aromatic carbocycles. The number of carbonyl (C=O) groups is 2. The van der Waals surface area contributed by atoms with Crippen LogP contribution in [0.5, 0.6) is 11.6 Å². The Morgan fingerprint density at radius 3 is 2.17 bits per heavy atom. The summed E-state index contributed by atoms with van der Waals surface area (Å²) in [5.74, 6) is -0.120. The predicted molar refractivity (Wildman–Crippen MR) is 183 cm³/mol. The molecule has 3 rings (SSSR count). The third-order valence-corrected chi connectivity index (χ3v) is 12.3. The maximum atomic E-state index is 13.5. The fourth-order valence-electron chi connectivity index (χ4n) is 5.10. The molecule has 0 radical (unpaired) electrons. The number of benzene rings is 2. The van der Waals surface area contributed by atoms with Gasteiger partial charge in [0.25, 0.3) is 0 Å². The van der Waals surface area contributed by atoms with E-state index in [-0.39, 0.29) is 30.6 Å². The van der Waals surface area contributed by atoms with Crippen molar-refractivity contribution < 1.29 is 41.7 Å². The highest BCUT2D eigenvalue weighted by Gasteiger charge is 2.35. The second kappa shape index (κ2) is 16.0. The van der Waals surface area contributed by atoms with Crippen LogP contribution in [0.4, 0.5) is 24.1 Å². The average Bonchev–Trinajstić information content (AvgIpc) is 3.34. The van der Waals surface area contributed by atoms with Crippen LogP contribution < -0.4 is 15.2 Å². The molecule has 0 bridgehead atoms. The molecule has 0 saturated heterocycles. The molecule has 48 heavy (non-hydrogen) atoms. The van der Waals surface area contributed by atoms with Crippen LogP contribution in [0.15, 0.2) is 42.5 Å². The van der Waals surface area contributed by atoms with Gasteiger partial charge in [-0.3, -0.25) is 0 Å². The lowest BCUT2D eigenvalue weighted by Crippen LogP contribution is -2.45. The SMILES string of the molecule is CC[Si](CC)(CC)OC(CN(CCOc1ccc2c(OC(F)F)nn(C(=O)OC(C)(C)C)c2c1)C(=O)OC(C)(C)C)c1cccc(N)c1. The first kappa shape index (κ1) is 38.5. The lowest BCUT2D eigenvalue weighted by molar-refractivity contribution is -0.0523. The largest absolute Gasteiger partial charge is 0.492 e. The zero-order valence-electron chi connectivity index (χ0n) is 29.5. The van der Waals surface area contributed by atoms with Crippen molar-refractivity contribution in [2.45, 2.75) is 104 Å². The van der Waals surface area contributed by atoms with Gasteiger partial charge in [-0.05, 0) is 89.5 Å². The molecular weight excluding hydrogens is 642 g/mol. The average molecular weight is 693 g/mol. The molecule has 0 aliphatic heterocycles. The Kier molecular flexibility index (Phi) is 12.8. The van der Waals surface area contributed by atoms with Crippen molar-refractivity contribution in [3.05, 3.63) is 48.0 Å². The van der Waals surface area contributed by atoms with Crippen molar-refractivity contribution in [2.75, 3.05) is 25.4 Å². The van der Waals surface area contributed by atoms with Crippen LogP contribution in [0.2, 0.25) is 18.1 Å². The van der Waals surface area contributed by atoms with Crippen LogP contribution in [0.1, 0.15) is 74.0 Å². The molecule has 1 heterocycles. The Morgan fingerprint density at radius 1 is 0.958 bits per heavy atom. The molecule has 0 spiro atoms. The molecule has 14 heteroatoms. The molecule has 0 fully saturated rings. The summed E-state index contributed by atoms with van der Waals surface area (Å²) in [6.45, 7) is 14.0. The van der Waals surface area contributed by atoms with Gasteiger partial charge in [0.15, 0.2) is 8.32 Å². The monoisotopic (exact) mass is 692 g/mol. The number of nitrogens with zero attached hydrogens (tertiary/aromatic N) is 3. The van der Waals surface area contributed by atoms with Gasteiger partial charge in [-0.25, -0.2) is 9.59 Å². The van der Waals surface area contributed by atoms with E-state index < -0.39 is 50.3 Å². The number of amides is 1. The number of anilines is 1. The minimum Gasteiger partial charge on any atom is -0.492 e. The number of hydrogen-bond acceptors (Lipinski definition) is 9. The Balaban J connectivity index is 1.92. The second-order valence-electron chi connectivity index (χ2n) is 13.5. The number of alkyl halides is 2. The third-order valence-electron chi connectivity index (χ3n) is 7.66. The smallest absolute Gasteiger partial charge is 0.435 e. The van der Waals surface area contributed by atoms with Crippen molar-refractivity contribution in [1.82, 2.24) is 14.7 Å². The maximum absolute atomic E-state index is 13.5. The van der Waals surface area contributed by atoms with Gasteiger partial charge >= 0.3 is 18.8 Å². The highest BCUT2D eigenvalue weighted by Crippen LogP contribution is 2.33. The number of carbonyl (C=O) groups excluding carboxylic acids is 2. The van der Waals surface area contributed by atoms with Gasteiger partial charge in [0.05, 0.1) is 30.1 Å². The maximum Gasteiger partial charge on any atom is 0.435 e. The summed E-state index contributed by atoms with van der Waals surface area (Å²) in [7, 11) is -2.13. The Hall–Kier alpha value is -3.91. The fraction of sp³-hybridized carbons (Fsp3) is 0.559. The van der Waals surface area contributed by atoms with Crippen LogP contribution >= 0.6 is 0 Å². The molecule has 266 valence electrons. The van der Waals surface area contributed by atoms with E-state index in [1.54, 1.807) is 58.6 Å². The van der Waals surface area contributed by atoms with Gasteiger partial charge < -0.3 is 34.0 Å². The predicted octanol–water partition coefficient (Wildman–Crippen LogP) is 8.38. The number of nitrogen functional groups attached to an aromatic ring is 1. The molecule has 0 aliphatic carbocycles. The summed E-state index contributed by atoms with van der Waals surface area (Å²) < 4.78 is 55.8. The standard InChI is InChI=1S/C34H50F2N4O7Si/c1-10-48(11-2,12-3)47-28(23-14-13-15-24(37)20-23)22-39(31(41)45-33(4,5)6)18-19-43-25-16-17-26-27(21-25)40(32(42)46-34(7,8)9)38-29(26)44-30(35)36/h13-17,20-21,28,30H,10-12,18-19,22,37H2,1-9H3. The third kappa shape index (κ3) is 10.8. The van der Waals surface area contributed by atoms with E-state index in [0.29, 0.717) is 11.4 Å². The van der Waals surface area contributed by atoms with E-state index in [1.807, 2.05) is 18.2 Å². The minimum atomic E-state index is -3.15. The number of nitrogens with two attached hydrogens (primary N) is 1. The summed E-state index contributed by atoms with van der Waals surface area (Å²) in [5, 5.41) is 4.10. The van der Waals surface area contributed by atoms with Crippen LogP contribution in [-0.4, -0.2) is 72.7 Å². The van der Waals surface area contributed by atoms with Crippen LogP contribution in [-0.2, 0) is 13.9 Å². The van der Waals surface area contributed by atoms with Gasteiger partial charge in [-0.15, -0.1) is 5.10 Å². The first-order chi connectivity index (χ1) is 22.4. The van der Waals surface area contributed by atoms with Crippen LogP contribution in [0, 0.1) is 0 Å². The number of rotatable bonds is 14. The zero-order chi connectivity index (χ0) is 35.9. The minimum absolute atomic E-state index is 0.0350. The molecule has 0 aliphatic rings. The molecule has 1 unspecified atom stereocenters. The van der Waals surface area contributed by atoms with Crippen molar-refractivity contribution in [3.8, 4) is 11.6 Å². The van der Waals surface area contributed by atoms with E-state index in [1.165, 1.54) is 12.1 Å². The molecule has 2 N–H and O–H groups in total. The Morgan fingerprint density at radius 2 is 1.60 bits per heavy atom. The first-order valence-electron chi connectivity index (χ1n) is 16.2. The zero-order valence-corrected chi connectivity index (χ0v) is 30.5. The van der Waals surface area contributed by atoms with Crippen LogP contribution in [0.3, 0.4) is 0 Å². The molecular formula is C34H50F2N4O7Si. The summed E-state index contributed by atoms with van der Waals surface area (Å²) in [5.41, 5.74) is 6.14. The van der Waals surface area contributed by atoms with Gasteiger partial charge in [0.1, 0.15) is 23.6 Å². The van der Waals surface area contributed by atoms with E-state index in [9.17, 15) is 18.4 Å². The number of ether oxygens (including phenoxy) is 4. The summed E-state index contributed by atoms with van der Waals surface area (Å²) in [6, 6.07) is 14.7. The highest BCUT2D eigenvalue weighted by atomic mass is 28.4. The fourth-order valence-corrected chi connectivity index (χ4v) is 7.92. The number of aromatic nitrogens is 2. The van der Waals surface area contributed by atoms with Gasteiger partial charge in [-0.1, -0.05) is 32.9 Å². The normalized spacial score (nSPS) is 13.0.